The number of rotatable bonds is 22. The molecule has 4 unspecified atom stereocenters. The molecule has 0 saturated heterocycles. The van der Waals surface area contributed by atoms with Crippen molar-refractivity contribution in [2.24, 2.45) is 0 Å². The SMILES string of the molecule is C=C(C(=O)O)C(=O)O.C=C(C(=O)O)C(=O)O.C=CP(=O)(O)O.C=CP(=O)(O)O.C=CP(=O)(O)Oc1ccccc1.C=CP(=O)(O)Oc1ccccc1.C=CP(=O)(O)Oc1ccccc1.C=CP(=O)(O)Oc1ccccc1.C=Cc1ccc2c(c1)C(=O)OC2=O.C=Cc1ccc2c(c1)C(=O)OC2=O.C=Cc1ccc2c(c1)C(=O)OC2=O.C=Cc1ccc2c(c1)C(=O)OC2=O. The molecule has 38 nitrogen and oxygen atoms in total. The van der Waals surface area contributed by atoms with Crippen LogP contribution >= 0.6 is 45.6 Å². The number of para-hydroxylation sites is 4. The van der Waals surface area contributed by atoms with Gasteiger partial charge in [-0.25, -0.2) is 75.8 Å². The maximum Gasteiger partial charge on any atom is 0.400 e. The zero-order valence-corrected chi connectivity index (χ0v) is 71.8. The molecule has 0 saturated carbocycles. The molecule has 128 heavy (non-hydrogen) atoms. The van der Waals surface area contributed by atoms with Gasteiger partial charge < -0.3 is 96.6 Å². The molecule has 0 aliphatic carbocycles. The molecule has 0 amide bonds. The van der Waals surface area contributed by atoms with Gasteiger partial charge in [0.15, 0.2) is 0 Å². The van der Waals surface area contributed by atoms with Crippen molar-refractivity contribution in [3.63, 3.8) is 0 Å². The normalized spacial score (nSPS) is 13.2. The number of hydrogen-bond donors (Lipinski definition) is 12. The van der Waals surface area contributed by atoms with Crippen molar-refractivity contribution < 1.29 is 182 Å². The van der Waals surface area contributed by atoms with E-state index in [9.17, 15) is 84.9 Å². The summed E-state index contributed by atoms with van der Waals surface area (Å²) in [5.41, 5.74) is 4.16. The summed E-state index contributed by atoms with van der Waals surface area (Å²) < 4.78 is 99.7. The van der Waals surface area contributed by atoms with Crippen LogP contribution in [0.3, 0.4) is 0 Å². The van der Waals surface area contributed by atoms with Crippen molar-refractivity contribution in [1.82, 2.24) is 0 Å². The van der Waals surface area contributed by atoms with Crippen LogP contribution in [0, 0.1) is 0 Å². The Labute approximate surface area is 728 Å². The zero-order valence-electron chi connectivity index (χ0n) is 66.4. The van der Waals surface area contributed by atoms with Crippen molar-refractivity contribution in [2.45, 2.75) is 0 Å². The standard InChI is InChI=1S/4C10H6O3.4C8H9O3P.2C4H4O4.2C2H5O3P/c4*1-2-6-3-4-7-8(5-6)10(12)13-9(7)11;4*1-2-12(9,10)11-8-6-4-3-5-7-8;2*1-2(3(5)6)4(7)8;2*1-2-6(3,4)5/h4*2-5H,1H2;4*2-7H,1H2,(H,9,10);2*1H2,(H,5,6)(H,7,8);2*2H,1H2,(H2,3,4,5). The second-order valence-corrected chi connectivity index (χ2v) is 32.9. The first-order valence-electron chi connectivity index (χ1n) is 34.3. The predicted octanol–water partition coefficient (Wildman–Crippen LogP) is 16.2. The second kappa shape index (κ2) is 53.5. The largest absolute Gasteiger partial charge is 0.477 e. The summed E-state index contributed by atoms with van der Waals surface area (Å²) in [6, 6.07) is 53.3. The Hall–Kier alpha value is -14.7. The molecule has 4 aliphatic heterocycles. The fraction of sp³-hybridized carbons (Fsp3) is 0. The first-order chi connectivity index (χ1) is 59.7. The number of cyclic esters (lactones) is 8. The van der Waals surface area contributed by atoms with Crippen molar-refractivity contribution in [2.75, 3.05) is 0 Å². The summed E-state index contributed by atoms with van der Waals surface area (Å²) in [4.78, 5) is 194. The molecule has 0 aromatic heterocycles. The number of carboxylic acid groups (broad SMARTS) is 4. The van der Waals surface area contributed by atoms with Gasteiger partial charge in [-0.3, -0.25) is 9.13 Å². The van der Waals surface area contributed by atoms with Gasteiger partial charge in [0.1, 0.15) is 34.1 Å². The highest BCUT2D eigenvalue weighted by molar-refractivity contribution is 7.57. The van der Waals surface area contributed by atoms with Crippen molar-refractivity contribution in [1.29, 1.82) is 0 Å². The van der Waals surface area contributed by atoms with Gasteiger partial charge in [0.05, 0.1) is 44.5 Å². The van der Waals surface area contributed by atoms with Crippen LogP contribution in [-0.2, 0) is 65.5 Å². The number of carboxylic acids is 4. The van der Waals surface area contributed by atoms with E-state index >= 15 is 0 Å². The highest BCUT2D eigenvalue weighted by atomic mass is 31.2. The number of benzene rings is 8. The van der Waals surface area contributed by atoms with E-state index in [1.54, 1.807) is 218 Å². The zero-order chi connectivity index (χ0) is 97.7. The minimum Gasteiger partial charge on any atom is -0.477 e. The number of fused-ring (bicyclic) bond motifs is 4. The summed E-state index contributed by atoms with van der Waals surface area (Å²) in [7, 11) is -22.3. The van der Waals surface area contributed by atoms with Crippen LogP contribution < -0.4 is 18.1 Å². The number of carbonyl (C=O) groups excluding carboxylic acids is 8. The quantitative estimate of drug-likeness (QED) is 0.00749. The molecule has 12 N–H and O–H groups in total. The van der Waals surface area contributed by atoms with E-state index in [0.29, 0.717) is 79.1 Å². The minimum atomic E-state index is -3.88. The van der Waals surface area contributed by atoms with Gasteiger partial charge in [0.25, 0.3) is 0 Å². The molecular formula is C84H78O38P6. The Kier molecular flexibility index (Phi) is 46.5. The smallest absolute Gasteiger partial charge is 0.400 e. The van der Waals surface area contributed by atoms with E-state index in [0.717, 1.165) is 45.5 Å². The van der Waals surface area contributed by atoms with Crippen LogP contribution in [0.15, 0.2) is 319 Å². The monoisotopic (exact) mass is 1880 g/mol. The van der Waals surface area contributed by atoms with Gasteiger partial charge in [-0.05, 0) is 119 Å². The van der Waals surface area contributed by atoms with Crippen LogP contribution in [0.2, 0.25) is 0 Å². The van der Waals surface area contributed by atoms with Crippen LogP contribution in [0.1, 0.15) is 105 Å². The molecule has 8 aromatic carbocycles. The van der Waals surface area contributed by atoms with E-state index in [4.69, 9.17) is 77.7 Å². The molecular weight excluding hydrogens is 1800 g/mol. The van der Waals surface area contributed by atoms with Gasteiger partial charge in [-0.15, -0.1) is 0 Å². The fourth-order valence-electron chi connectivity index (χ4n) is 7.78. The number of carbonyl (C=O) groups is 12. The van der Waals surface area contributed by atoms with Crippen molar-refractivity contribution in [3.8, 4) is 23.0 Å². The first-order valence-corrected chi connectivity index (χ1v) is 44.3. The summed E-state index contributed by atoms with van der Waals surface area (Å²) in [6.07, 6.45) is 6.43. The van der Waals surface area contributed by atoms with Gasteiger partial charge in [-0.1, -0.05) is 200 Å². The minimum absolute atomic E-state index is 0.322. The van der Waals surface area contributed by atoms with E-state index in [1.807, 2.05) is 0 Å². The predicted molar refractivity (Wildman–Crippen MR) is 467 cm³/mol. The van der Waals surface area contributed by atoms with Crippen LogP contribution in [-0.4, -0.2) is 131 Å². The third-order valence-electron chi connectivity index (χ3n) is 14.0. The third kappa shape index (κ3) is 42.1. The maximum absolute atomic E-state index is 11.1. The molecule has 12 rings (SSSR count). The Morgan fingerprint density at radius 1 is 0.250 bits per heavy atom. The number of esters is 8. The maximum atomic E-state index is 11.1. The molecule has 0 spiro atoms. The molecule has 0 fully saturated rings. The number of hydrogen-bond acceptors (Lipinski definition) is 26. The first kappa shape index (κ1) is 111. The van der Waals surface area contributed by atoms with Gasteiger partial charge >= 0.3 is 117 Å². The van der Waals surface area contributed by atoms with Crippen LogP contribution in [0.5, 0.6) is 23.0 Å². The molecule has 0 radical (unpaired) electrons. The van der Waals surface area contributed by atoms with E-state index in [-0.39, 0.29) is 0 Å². The lowest BCUT2D eigenvalue weighted by Crippen LogP contribution is -2.08. The summed E-state index contributed by atoms with van der Waals surface area (Å²) >= 11 is 0. The Morgan fingerprint density at radius 3 is 0.516 bits per heavy atom. The highest BCUT2D eigenvalue weighted by Gasteiger charge is 2.33. The molecule has 8 aromatic rings. The number of aliphatic carboxylic acids is 4. The molecule has 4 aliphatic rings. The summed E-state index contributed by atoms with van der Waals surface area (Å²) in [5.74, 6) is -4.35. The molecule has 672 valence electrons. The average molecular weight is 1880 g/mol. The lowest BCUT2D eigenvalue weighted by Gasteiger charge is -2.07. The van der Waals surface area contributed by atoms with Gasteiger partial charge in [-0.2, -0.15) is 0 Å². The Morgan fingerprint density at radius 2 is 0.398 bits per heavy atom. The topological polar surface area (TPSA) is 624 Å². The van der Waals surface area contributed by atoms with Gasteiger partial charge in [0, 0.05) is 34.9 Å². The summed E-state index contributed by atoms with van der Waals surface area (Å²) in [5, 5.41) is 31.5. The second-order valence-electron chi connectivity index (χ2n) is 23.1. The molecule has 4 atom stereocenters. The highest BCUT2D eigenvalue weighted by Crippen LogP contribution is 2.46. The molecule has 44 heteroatoms. The third-order valence-corrected chi connectivity index (χ3v) is 18.7. The average Bonchev–Trinajstić information content (AvgIpc) is 1.68. The van der Waals surface area contributed by atoms with E-state index < -0.39 is 128 Å². The summed E-state index contributed by atoms with van der Waals surface area (Å²) in [6.45, 7) is 38.3. The Bertz CT molecular complexity index is 5190. The van der Waals surface area contributed by atoms with E-state index in [1.165, 1.54) is 0 Å². The lowest BCUT2D eigenvalue weighted by molar-refractivity contribution is -0.142. The van der Waals surface area contributed by atoms with Crippen LogP contribution in [0.25, 0.3) is 24.3 Å². The van der Waals surface area contributed by atoms with E-state index in [2.05, 4.69) is 97.9 Å². The number of ether oxygens (including phenoxy) is 4. The van der Waals surface area contributed by atoms with Gasteiger partial charge in [0.2, 0.25) is 0 Å². The lowest BCUT2D eigenvalue weighted by atomic mass is 10.1. The Balaban J connectivity index is 0.000000704. The molecule has 4 heterocycles. The van der Waals surface area contributed by atoms with Crippen molar-refractivity contribution in [3.05, 3.63) is 386 Å². The fourth-order valence-corrected chi connectivity index (χ4v) is 9.77. The molecule has 0 bridgehead atoms. The van der Waals surface area contributed by atoms with Crippen LogP contribution in [0.4, 0.5) is 0 Å². The van der Waals surface area contributed by atoms with Crippen molar-refractivity contribution >= 4 is 142 Å².